The van der Waals surface area contributed by atoms with Crippen LogP contribution in [-0.4, -0.2) is 28.4 Å². The molecule has 0 saturated heterocycles. The van der Waals surface area contributed by atoms with Gasteiger partial charge in [0, 0.05) is 24.8 Å². The monoisotopic (exact) mass is 367 g/mol. The number of hydrogen-bond donors (Lipinski definition) is 1. The van der Waals surface area contributed by atoms with Gasteiger partial charge >= 0.3 is 0 Å². The SMILES string of the molecule is CCN(Cc1cccc(Oc2ccc(C(N)=O)cn2)c1C)C1CCCCC1. The molecule has 1 heterocycles. The number of pyridine rings is 1. The standard InChI is InChI=1S/C22H29N3O2/c1-3-25(19-9-5-4-6-10-19)15-18-8-7-11-20(16(18)2)27-21-13-12-17(14-24-21)22(23)26/h7-8,11-14,19H,3-6,9-10,15H2,1-2H3,(H2,23,26). The largest absolute Gasteiger partial charge is 0.439 e. The summed E-state index contributed by atoms with van der Waals surface area (Å²) in [7, 11) is 0. The number of primary amides is 1. The Hall–Kier alpha value is -2.40. The molecule has 1 amide bonds. The highest BCUT2D eigenvalue weighted by Crippen LogP contribution is 2.29. The van der Waals surface area contributed by atoms with Crippen LogP contribution in [0.25, 0.3) is 0 Å². The summed E-state index contributed by atoms with van der Waals surface area (Å²) in [5.74, 6) is 0.765. The van der Waals surface area contributed by atoms with Crippen LogP contribution in [0.4, 0.5) is 0 Å². The zero-order valence-corrected chi connectivity index (χ0v) is 16.3. The van der Waals surface area contributed by atoms with Gasteiger partial charge in [0.05, 0.1) is 5.56 Å². The zero-order valence-electron chi connectivity index (χ0n) is 16.3. The molecule has 1 aromatic heterocycles. The van der Waals surface area contributed by atoms with Gasteiger partial charge in [0.1, 0.15) is 5.75 Å². The fourth-order valence-electron chi connectivity index (χ4n) is 3.80. The number of carbonyl (C=O) groups is 1. The number of benzene rings is 1. The summed E-state index contributed by atoms with van der Waals surface area (Å²) < 4.78 is 5.96. The lowest BCUT2D eigenvalue weighted by atomic mass is 9.93. The third kappa shape index (κ3) is 4.86. The van der Waals surface area contributed by atoms with E-state index in [1.54, 1.807) is 12.1 Å². The van der Waals surface area contributed by atoms with Crippen LogP contribution in [0.3, 0.4) is 0 Å². The van der Waals surface area contributed by atoms with E-state index >= 15 is 0 Å². The number of hydrogen-bond acceptors (Lipinski definition) is 4. The normalized spacial score (nSPS) is 15.1. The van der Waals surface area contributed by atoms with Crippen molar-refractivity contribution in [2.45, 2.75) is 58.5 Å². The van der Waals surface area contributed by atoms with Crippen molar-refractivity contribution in [2.75, 3.05) is 6.54 Å². The number of carbonyl (C=O) groups excluding carboxylic acids is 1. The molecule has 0 radical (unpaired) electrons. The quantitative estimate of drug-likeness (QED) is 0.786. The smallest absolute Gasteiger partial charge is 0.250 e. The van der Waals surface area contributed by atoms with E-state index in [0.29, 0.717) is 17.5 Å². The topological polar surface area (TPSA) is 68.5 Å². The Kier molecular flexibility index (Phi) is 6.45. The Bertz CT molecular complexity index is 768. The average Bonchev–Trinajstić information content (AvgIpc) is 2.69. The molecule has 0 atom stereocenters. The Morgan fingerprint density at radius 1 is 1.22 bits per heavy atom. The van der Waals surface area contributed by atoms with Gasteiger partial charge < -0.3 is 10.5 Å². The van der Waals surface area contributed by atoms with Gasteiger partial charge in [-0.1, -0.05) is 38.3 Å². The minimum Gasteiger partial charge on any atom is -0.439 e. The van der Waals surface area contributed by atoms with Crippen LogP contribution in [0.5, 0.6) is 11.6 Å². The number of rotatable bonds is 7. The third-order valence-corrected chi connectivity index (χ3v) is 5.50. The predicted octanol–water partition coefficient (Wildman–Crippen LogP) is 4.44. The lowest BCUT2D eigenvalue weighted by molar-refractivity contribution is 0.1000. The molecule has 1 aliphatic carbocycles. The van der Waals surface area contributed by atoms with E-state index in [0.717, 1.165) is 24.4 Å². The maximum absolute atomic E-state index is 11.2. The lowest BCUT2D eigenvalue weighted by Gasteiger charge is -2.34. The van der Waals surface area contributed by atoms with E-state index in [1.807, 2.05) is 12.1 Å². The van der Waals surface area contributed by atoms with Crippen molar-refractivity contribution in [3.63, 3.8) is 0 Å². The third-order valence-electron chi connectivity index (χ3n) is 5.50. The number of amides is 1. The highest BCUT2D eigenvalue weighted by molar-refractivity contribution is 5.92. The summed E-state index contributed by atoms with van der Waals surface area (Å²) in [6, 6.07) is 10.2. The second-order valence-corrected chi connectivity index (χ2v) is 7.25. The van der Waals surface area contributed by atoms with Crippen molar-refractivity contribution < 1.29 is 9.53 Å². The van der Waals surface area contributed by atoms with E-state index in [2.05, 4.69) is 29.8 Å². The van der Waals surface area contributed by atoms with Crippen molar-refractivity contribution in [2.24, 2.45) is 5.73 Å². The van der Waals surface area contributed by atoms with Gasteiger partial charge in [0.25, 0.3) is 0 Å². The van der Waals surface area contributed by atoms with Crippen LogP contribution in [0.1, 0.15) is 60.5 Å². The van der Waals surface area contributed by atoms with Crippen molar-refractivity contribution in [3.8, 4) is 11.6 Å². The molecule has 1 aliphatic rings. The van der Waals surface area contributed by atoms with E-state index < -0.39 is 5.91 Å². The summed E-state index contributed by atoms with van der Waals surface area (Å²) in [6.07, 6.45) is 8.11. The van der Waals surface area contributed by atoms with Crippen molar-refractivity contribution in [1.29, 1.82) is 0 Å². The second-order valence-electron chi connectivity index (χ2n) is 7.25. The summed E-state index contributed by atoms with van der Waals surface area (Å²) in [5, 5.41) is 0. The zero-order chi connectivity index (χ0) is 19.2. The van der Waals surface area contributed by atoms with Crippen LogP contribution in [0.15, 0.2) is 36.5 Å². The molecule has 0 aliphatic heterocycles. The molecule has 0 bridgehead atoms. The summed E-state index contributed by atoms with van der Waals surface area (Å²) in [4.78, 5) is 17.9. The Morgan fingerprint density at radius 3 is 2.63 bits per heavy atom. The molecule has 5 nitrogen and oxygen atoms in total. The molecule has 1 fully saturated rings. The maximum atomic E-state index is 11.2. The molecule has 0 spiro atoms. The Morgan fingerprint density at radius 2 is 2.00 bits per heavy atom. The van der Waals surface area contributed by atoms with Crippen LogP contribution in [-0.2, 0) is 6.54 Å². The average molecular weight is 367 g/mol. The van der Waals surface area contributed by atoms with Gasteiger partial charge in [-0.05, 0) is 49.6 Å². The molecule has 3 rings (SSSR count). The Balaban J connectivity index is 1.73. The Labute approximate surface area is 161 Å². The van der Waals surface area contributed by atoms with Gasteiger partial charge in [-0.3, -0.25) is 9.69 Å². The molecule has 1 aromatic carbocycles. The van der Waals surface area contributed by atoms with Gasteiger partial charge in [0.2, 0.25) is 11.8 Å². The summed E-state index contributed by atoms with van der Waals surface area (Å²) in [5.41, 5.74) is 8.05. The van der Waals surface area contributed by atoms with Crippen LogP contribution in [0, 0.1) is 6.92 Å². The summed E-state index contributed by atoms with van der Waals surface area (Å²) in [6.45, 7) is 6.34. The van der Waals surface area contributed by atoms with Crippen LogP contribution < -0.4 is 10.5 Å². The van der Waals surface area contributed by atoms with Gasteiger partial charge in [-0.2, -0.15) is 0 Å². The minimum absolute atomic E-state index is 0.374. The van der Waals surface area contributed by atoms with Crippen LogP contribution in [0.2, 0.25) is 0 Å². The van der Waals surface area contributed by atoms with E-state index in [-0.39, 0.29) is 0 Å². The van der Waals surface area contributed by atoms with Crippen LogP contribution >= 0.6 is 0 Å². The molecule has 1 saturated carbocycles. The molecular weight excluding hydrogens is 338 g/mol. The fourth-order valence-corrected chi connectivity index (χ4v) is 3.80. The highest BCUT2D eigenvalue weighted by Gasteiger charge is 2.21. The lowest BCUT2D eigenvalue weighted by Crippen LogP contribution is -2.36. The molecular formula is C22H29N3O2. The van der Waals surface area contributed by atoms with E-state index in [1.165, 1.54) is 43.9 Å². The predicted molar refractivity (Wildman–Crippen MR) is 107 cm³/mol. The van der Waals surface area contributed by atoms with Crippen molar-refractivity contribution >= 4 is 5.91 Å². The maximum Gasteiger partial charge on any atom is 0.250 e. The number of ether oxygens (including phenoxy) is 1. The summed E-state index contributed by atoms with van der Waals surface area (Å²) >= 11 is 0. The van der Waals surface area contributed by atoms with E-state index in [4.69, 9.17) is 10.5 Å². The second kappa shape index (κ2) is 9.00. The molecule has 0 unspecified atom stereocenters. The van der Waals surface area contributed by atoms with Gasteiger partial charge in [-0.15, -0.1) is 0 Å². The van der Waals surface area contributed by atoms with Gasteiger partial charge in [0.15, 0.2) is 0 Å². The number of aromatic nitrogens is 1. The van der Waals surface area contributed by atoms with Crippen molar-refractivity contribution in [3.05, 3.63) is 53.2 Å². The molecule has 5 heteroatoms. The molecule has 2 N–H and O–H groups in total. The first kappa shape index (κ1) is 19.4. The molecule has 2 aromatic rings. The number of nitrogens with zero attached hydrogens (tertiary/aromatic N) is 2. The van der Waals surface area contributed by atoms with Crippen molar-refractivity contribution in [1.82, 2.24) is 9.88 Å². The molecule has 144 valence electrons. The highest BCUT2D eigenvalue weighted by atomic mass is 16.5. The first-order chi connectivity index (χ1) is 13.1. The minimum atomic E-state index is -0.491. The first-order valence-corrected chi connectivity index (χ1v) is 9.84. The first-order valence-electron chi connectivity index (χ1n) is 9.84. The fraction of sp³-hybridized carbons (Fsp3) is 0.455. The number of nitrogens with two attached hydrogens (primary N) is 1. The van der Waals surface area contributed by atoms with E-state index in [9.17, 15) is 4.79 Å². The molecule has 27 heavy (non-hydrogen) atoms. The van der Waals surface area contributed by atoms with Gasteiger partial charge in [-0.25, -0.2) is 4.98 Å².